The van der Waals surface area contributed by atoms with E-state index in [1.54, 1.807) is 24.7 Å². The minimum Gasteiger partial charge on any atom is -0.486 e. The first-order chi connectivity index (χ1) is 12.2. The zero-order valence-corrected chi connectivity index (χ0v) is 14.0. The topological polar surface area (TPSA) is 76.0 Å². The van der Waals surface area contributed by atoms with Crippen LogP contribution in [0.1, 0.15) is 27.4 Å². The number of carbonyl (C=O) groups is 1. The lowest BCUT2D eigenvalue weighted by atomic mass is 10.0. The Morgan fingerprint density at radius 3 is 3.04 bits per heavy atom. The Morgan fingerprint density at radius 2 is 2.28 bits per heavy atom. The number of hydrogen-bond donors (Lipinski definition) is 1. The second-order valence-electron chi connectivity index (χ2n) is 6.03. The summed E-state index contributed by atoms with van der Waals surface area (Å²) in [4.78, 5) is 21.5. The number of amides is 1. The maximum Gasteiger partial charge on any atom is 0.270 e. The van der Waals surface area contributed by atoms with Gasteiger partial charge in [0.25, 0.3) is 5.91 Å². The van der Waals surface area contributed by atoms with Gasteiger partial charge in [0, 0.05) is 50.2 Å². The van der Waals surface area contributed by atoms with Crippen molar-refractivity contribution < 1.29 is 9.53 Å². The Balaban J connectivity index is 1.53. The molecule has 1 N–H and O–H groups in total. The molecule has 128 valence electrons. The van der Waals surface area contributed by atoms with Crippen molar-refractivity contribution in [1.29, 1.82) is 0 Å². The van der Waals surface area contributed by atoms with Crippen molar-refractivity contribution in [3.05, 3.63) is 65.5 Å². The maximum absolute atomic E-state index is 12.6. The van der Waals surface area contributed by atoms with Crippen molar-refractivity contribution in [2.24, 2.45) is 7.05 Å². The minimum atomic E-state index is 0.0126. The number of carbonyl (C=O) groups excluding carboxylic acids is 1. The summed E-state index contributed by atoms with van der Waals surface area (Å²) < 4.78 is 7.69. The van der Waals surface area contributed by atoms with E-state index in [0.717, 1.165) is 17.7 Å². The fourth-order valence-electron chi connectivity index (χ4n) is 3.18. The molecule has 0 fully saturated rings. The smallest absolute Gasteiger partial charge is 0.270 e. The Hall–Kier alpha value is -3.09. The van der Waals surface area contributed by atoms with Crippen LogP contribution in [0, 0.1) is 0 Å². The summed E-state index contributed by atoms with van der Waals surface area (Å²) in [6.45, 7) is 1.60. The van der Waals surface area contributed by atoms with E-state index in [2.05, 4.69) is 15.1 Å². The van der Waals surface area contributed by atoms with Crippen LogP contribution in [0.25, 0.3) is 0 Å². The first-order valence-corrected chi connectivity index (χ1v) is 8.21. The first kappa shape index (κ1) is 15.4. The van der Waals surface area contributed by atoms with Crippen LogP contribution in [-0.2, 0) is 26.6 Å². The Kier molecular flexibility index (Phi) is 3.97. The fourth-order valence-corrected chi connectivity index (χ4v) is 3.18. The van der Waals surface area contributed by atoms with Crippen LogP contribution < -0.4 is 4.74 Å². The summed E-state index contributed by atoms with van der Waals surface area (Å²) >= 11 is 0. The van der Waals surface area contributed by atoms with Crippen LogP contribution in [0.2, 0.25) is 0 Å². The van der Waals surface area contributed by atoms with Crippen molar-refractivity contribution in [2.45, 2.75) is 19.6 Å². The van der Waals surface area contributed by atoms with Gasteiger partial charge in [0.2, 0.25) is 0 Å². The van der Waals surface area contributed by atoms with Crippen LogP contribution >= 0.6 is 0 Å². The summed E-state index contributed by atoms with van der Waals surface area (Å²) in [5.41, 5.74) is 3.73. The van der Waals surface area contributed by atoms with Gasteiger partial charge in [0.1, 0.15) is 23.7 Å². The second-order valence-corrected chi connectivity index (χ2v) is 6.03. The summed E-state index contributed by atoms with van der Waals surface area (Å²) in [7, 11) is 1.94. The van der Waals surface area contributed by atoms with Crippen LogP contribution in [-0.4, -0.2) is 37.1 Å². The lowest BCUT2D eigenvalue weighted by molar-refractivity contribution is 0.0727. The average Bonchev–Trinajstić information content (AvgIpc) is 3.29. The van der Waals surface area contributed by atoms with Crippen molar-refractivity contribution in [2.75, 3.05) is 6.54 Å². The van der Waals surface area contributed by atoms with Gasteiger partial charge in [-0.05, 0) is 24.3 Å². The van der Waals surface area contributed by atoms with Gasteiger partial charge in [-0.1, -0.05) is 0 Å². The molecule has 7 nitrogen and oxygen atoms in total. The van der Waals surface area contributed by atoms with Gasteiger partial charge < -0.3 is 14.6 Å². The largest absolute Gasteiger partial charge is 0.486 e. The molecule has 0 aromatic carbocycles. The third-order valence-corrected chi connectivity index (χ3v) is 4.45. The van der Waals surface area contributed by atoms with E-state index in [1.807, 2.05) is 34.8 Å². The summed E-state index contributed by atoms with van der Waals surface area (Å²) in [5.74, 6) is 0.718. The number of fused-ring (bicyclic) bond motifs is 1. The van der Waals surface area contributed by atoms with Crippen molar-refractivity contribution in [3.63, 3.8) is 0 Å². The average molecular weight is 337 g/mol. The highest BCUT2D eigenvalue weighted by atomic mass is 16.5. The quantitative estimate of drug-likeness (QED) is 0.789. The van der Waals surface area contributed by atoms with E-state index in [1.165, 1.54) is 5.69 Å². The molecular formula is C18H19N5O2. The SMILES string of the molecule is Cn1nc(COc2cccnc2)c2c1CCN(C(=O)c1ccc[nH]1)C2. The molecule has 4 rings (SSSR count). The molecular weight excluding hydrogens is 318 g/mol. The van der Waals surface area contributed by atoms with Crippen LogP contribution in [0.15, 0.2) is 42.9 Å². The second kappa shape index (κ2) is 6.43. The molecule has 7 heteroatoms. The maximum atomic E-state index is 12.6. The zero-order valence-electron chi connectivity index (χ0n) is 14.0. The number of nitrogens with zero attached hydrogens (tertiary/aromatic N) is 4. The predicted molar refractivity (Wildman–Crippen MR) is 91.0 cm³/mol. The summed E-state index contributed by atoms with van der Waals surface area (Å²) in [5, 5.41) is 4.59. The van der Waals surface area contributed by atoms with Gasteiger partial charge in [0.05, 0.1) is 6.20 Å². The Labute approximate surface area is 145 Å². The van der Waals surface area contributed by atoms with Crippen LogP contribution in [0.3, 0.4) is 0 Å². The van der Waals surface area contributed by atoms with E-state index in [-0.39, 0.29) is 5.91 Å². The molecule has 0 bridgehead atoms. The standard InChI is InChI=1S/C18H19N5O2/c1-22-17-6-9-23(18(24)15-5-3-8-20-15)11-14(17)16(21-22)12-25-13-4-2-7-19-10-13/h2-5,7-8,10,20H,6,9,11-12H2,1H3. The molecule has 1 amide bonds. The molecule has 25 heavy (non-hydrogen) atoms. The third-order valence-electron chi connectivity index (χ3n) is 4.45. The van der Waals surface area contributed by atoms with Gasteiger partial charge >= 0.3 is 0 Å². The Bertz CT molecular complexity index is 871. The van der Waals surface area contributed by atoms with Gasteiger partial charge in [-0.25, -0.2) is 0 Å². The molecule has 0 aliphatic carbocycles. The van der Waals surface area contributed by atoms with E-state index in [0.29, 0.717) is 31.1 Å². The third kappa shape index (κ3) is 3.00. The van der Waals surface area contributed by atoms with E-state index in [4.69, 9.17) is 4.74 Å². The Morgan fingerprint density at radius 1 is 1.36 bits per heavy atom. The highest BCUT2D eigenvalue weighted by Crippen LogP contribution is 2.24. The molecule has 0 saturated heterocycles. The van der Waals surface area contributed by atoms with Crippen LogP contribution in [0.4, 0.5) is 0 Å². The zero-order chi connectivity index (χ0) is 17.2. The van der Waals surface area contributed by atoms with Crippen molar-refractivity contribution in [3.8, 4) is 5.75 Å². The number of nitrogens with one attached hydrogen (secondary N) is 1. The van der Waals surface area contributed by atoms with E-state index >= 15 is 0 Å². The highest BCUT2D eigenvalue weighted by Gasteiger charge is 2.27. The number of H-pyrrole nitrogens is 1. The number of aromatic nitrogens is 4. The van der Waals surface area contributed by atoms with Crippen molar-refractivity contribution in [1.82, 2.24) is 24.6 Å². The number of hydrogen-bond acceptors (Lipinski definition) is 4. The van der Waals surface area contributed by atoms with E-state index in [9.17, 15) is 4.79 Å². The molecule has 3 aromatic heterocycles. The van der Waals surface area contributed by atoms with Gasteiger partial charge in [0.15, 0.2) is 0 Å². The monoisotopic (exact) mass is 337 g/mol. The number of aryl methyl sites for hydroxylation is 1. The summed E-state index contributed by atoms with van der Waals surface area (Å²) in [6.07, 6.45) is 5.94. The molecule has 4 heterocycles. The normalized spacial score (nSPS) is 13.6. The highest BCUT2D eigenvalue weighted by molar-refractivity contribution is 5.92. The molecule has 0 unspecified atom stereocenters. The number of aromatic amines is 1. The van der Waals surface area contributed by atoms with E-state index < -0.39 is 0 Å². The molecule has 3 aromatic rings. The summed E-state index contributed by atoms with van der Waals surface area (Å²) in [6, 6.07) is 7.33. The fraction of sp³-hybridized carbons (Fsp3) is 0.278. The predicted octanol–water partition coefficient (Wildman–Crippen LogP) is 1.92. The molecule has 1 aliphatic heterocycles. The molecule has 0 radical (unpaired) electrons. The number of ether oxygens (including phenoxy) is 1. The number of pyridine rings is 1. The van der Waals surface area contributed by atoms with Gasteiger partial charge in [-0.3, -0.25) is 14.5 Å². The molecule has 0 saturated carbocycles. The minimum absolute atomic E-state index is 0.0126. The lowest BCUT2D eigenvalue weighted by Gasteiger charge is -2.27. The lowest BCUT2D eigenvalue weighted by Crippen LogP contribution is -2.36. The molecule has 0 atom stereocenters. The molecule has 0 spiro atoms. The number of rotatable bonds is 4. The van der Waals surface area contributed by atoms with Gasteiger partial charge in [-0.15, -0.1) is 0 Å². The first-order valence-electron chi connectivity index (χ1n) is 8.21. The van der Waals surface area contributed by atoms with Crippen LogP contribution in [0.5, 0.6) is 5.75 Å². The molecule has 1 aliphatic rings. The van der Waals surface area contributed by atoms with Crippen molar-refractivity contribution >= 4 is 5.91 Å². The van der Waals surface area contributed by atoms with Gasteiger partial charge in [-0.2, -0.15) is 5.10 Å².